The van der Waals surface area contributed by atoms with E-state index < -0.39 is 0 Å². The van der Waals surface area contributed by atoms with E-state index in [1.54, 1.807) is 4.52 Å². The molecule has 98 valence electrons. The van der Waals surface area contributed by atoms with Gasteiger partial charge in [0, 0.05) is 5.02 Å². The monoisotopic (exact) mass is 292 g/mol. The molecular formula is C13H13ClN4S. The van der Waals surface area contributed by atoms with Crippen LogP contribution in [0.15, 0.2) is 30.5 Å². The Bertz CT molecular complexity index is 687. The summed E-state index contributed by atoms with van der Waals surface area (Å²) in [6.45, 7) is 4.03. The van der Waals surface area contributed by atoms with Gasteiger partial charge in [-0.25, -0.2) is 9.50 Å². The van der Waals surface area contributed by atoms with Gasteiger partial charge in [0.05, 0.1) is 17.9 Å². The molecule has 0 spiro atoms. The zero-order valence-corrected chi connectivity index (χ0v) is 12.2. The maximum absolute atomic E-state index is 6.19. The second kappa shape index (κ2) is 4.83. The van der Waals surface area contributed by atoms with Crippen LogP contribution in [-0.4, -0.2) is 14.6 Å². The first kappa shape index (κ1) is 12.4. The highest BCUT2D eigenvalue weighted by atomic mass is 35.5. The van der Waals surface area contributed by atoms with Crippen LogP contribution < -0.4 is 5.32 Å². The number of nitrogens with zero attached hydrogens (tertiary/aromatic N) is 3. The van der Waals surface area contributed by atoms with Gasteiger partial charge >= 0.3 is 0 Å². The smallest absolute Gasteiger partial charge is 0.214 e. The largest absolute Gasteiger partial charge is 0.354 e. The fraction of sp³-hybridized carbons (Fsp3) is 0.231. The zero-order valence-electron chi connectivity index (χ0n) is 10.6. The molecule has 6 heteroatoms. The Labute approximate surface area is 120 Å². The number of benzene rings is 1. The molecule has 19 heavy (non-hydrogen) atoms. The zero-order chi connectivity index (χ0) is 13.4. The molecule has 0 bridgehead atoms. The minimum absolute atomic E-state index is 0.102. The van der Waals surface area contributed by atoms with Gasteiger partial charge < -0.3 is 5.32 Å². The molecule has 3 rings (SSSR count). The van der Waals surface area contributed by atoms with Gasteiger partial charge in [-0.3, -0.25) is 0 Å². The van der Waals surface area contributed by atoms with Crippen LogP contribution >= 0.6 is 22.9 Å². The molecule has 1 N–H and O–H groups in total. The second-order valence-electron chi connectivity index (χ2n) is 4.40. The number of aryl methyl sites for hydroxylation is 1. The lowest BCUT2D eigenvalue weighted by atomic mass is 10.1. The Balaban J connectivity index is 1.84. The van der Waals surface area contributed by atoms with Gasteiger partial charge in [-0.2, -0.15) is 0 Å². The molecule has 4 nitrogen and oxygen atoms in total. The summed E-state index contributed by atoms with van der Waals surface area (Å²) < 4.78 is 1.79. The van der Waals surface area contributed by atoms with Crippen LogP contribution in [-0.2, 0) is 0 Å². The normalized spacial score (nSPS) is 12.8. The van der Waals surface area contributed by atoms with E-state index in [-0.39, 0.29) is 6.04 Å². The lowest BCUT2D eigenvalue weighted by Gasteiger charge is -2.14. The van der Waals surface area contributed by atoms with Crippen molar-refractivity contribution in [3.8, 4) is 0 Å². The Hall–Kier alpha value is -1.59. The Morgan fingerprint density at radius 2 is 2.16 bits per heavy atom. The van der Waals surface area contributed by atoms with E-state index in [9.17, 15) is 0 Å². The van der Waals surface area contributed by atoms with Crippen molar-refractivity contribution in [3.05, 3.63) is 46.7 Å². The molecule has 0 aliphatic rings. The topological polar surface area (TPSA) is 42.2 Å². The lowest BCUT2D eigenvalue weighted by molar-refractivity contribution is 0.863. The first-order valence-corrected chi connectivity index (χ1v) is 7.17. The molecule has 2 aromatic heterocycles. The summed E-state index contributed by atoms with van der Waals surface area (Å²) in [5.74, 6) is 0. The maximum Gasteiger partial charge on any atom is 0.214 e. The number of halogens is 1. The molecule has 3 aromatic rings. The molecule has 1 aromatic carbocycles. The van der Waals surface area contributed by atoms with Crippen LogP contribution in [0.1, 0.15) is 24.2 Å². The highest BCUT2D eigenvalue weighted by Gasteiger charge is 2.12. The van der Waals surface area contributed by atoms with Gasteiger partial charge in [-0.15, -0.1) is 5.10 Å². The Kier molecular flexibility index (Phi) is 3.16. The SMILES string of the molecule is Cc1cn2nc(NC(C)c3ccccc3Cl)sc2n1. The number of fused-ring (bicyclic) bond motifs is 1. The number of rotatable bonds is 3. The van der Waals surface area contributed by atoms with E-state index >= 15 is 0 Å². The molecule has 0 amide bonds. The fourth-order valence-corrected chi connectivity index (χ4v) is 3.17. The molecule has 0 saturated carbocycles. The van der Waals surface area contributed by atoms with Gasteiger partial charge in [0.2, 0.25) is 10.1 Å². The quantitative estimate of drug-likeness (QED) is 0.795. The van der Waals surface area contributed by atoms with Crippen molar-refractivity contribution in [2.24, 2.45) is 0 Å². The van der Waals surface area contributed by atoms with Gasteiger partial charge in [-0.05, 0) is 25.5 Å². The molecule has 0 aliphatic heterocycles. The summed E-state index contributed by atoms with van der Waals surface area (Å²) in [7, 11) is 0. The third-order valence-electron chi connectivity index (χ3n) is 2.88. The maximum atomic E-state index is 6.19. The number of imidazole rings is 1. The van der Waals surface area contributed by atoms with Crippen LogP contribution in [0, 0.1) is 6.92 Å². The molecule has 0 aliphatic carbocycles. The Morgan fingerprint density at radius 1 is 1.37 bits per heavy atom. The fourth-order valence-electron chi connectivity index (χ4n) is 1.96. The number of anilines is 1. The molecule has 0 fully saturated rings. The van der Waals surface area contributed by atoms with Gasteiger partial charge in [0.25, 0.3) is 0 Å². The minimum atomic E-state index is 0.102. The van der Waals surface area contributed by atoms with Crippen molar-refractivity contribution < 1.29 is 0 Å². The van der Waals surface area contributed by atoms with Crippen molar-refractivity contribution in [2.45, 2.75) is 19.9 Å². The van der Waals surface area contributed by atoms with Crippen LogP contribution in [0.25, 0.3) is 4.96 Å². The molecule has 1 atom stereocenters. The van der Waals surface area contributed by atoms with E-state index in [4.69, 9.17) is 11.6 Å². The molecule has 1 unspecified atom stereocenters. The average molecular weight is 293 g/mol. The van der Waals surface area contributed by atoms with Gasteiger partial charge in [0.1, 0.15) is 0 Å². The second-order valence-corrected chi connectivity index (χ2v) is 5.77. The van der Waals surface area contributed by atoms with E-state index in [0.717, 1.165) is 26.4 Å². The summed E-state index contributed by atoms with van der Waals surface area (Å²) in [6.07, 6.45) is 1.91. The van der Waals surface area contributed by atoms with Crippen LogP contribution in [0.4, 0.5) is 5.13 Å². The number of hydrogen-bond donors (Lipinski definition) is 1. The molecule has 2 heterocycles. The highest BCUT2D eigenvalue weighted by Crippen LogP contribution is 2.27. The summed E-state index contributed by atoms with van der Waals surface area (Å²) in [5, 5.41) is 9.41. The summed E-state index contributed by atoms with van der Waals surface area (Å²) in [5.41, 5.74) is 2.04. The molecule has 0 saturated heterocycles. The van der Waals surface area contributed by atoms with E-state index in [0.29, 0.717) is 0 Å². The van der Waals surface area contributed by atoms with E-state index in [1.807, 2.05) is 37.4 Å². The van der Waals surface area contributed by atoms with Crippen molar-refractivity contribution >= 4 is 33.0 Å². The predicted octanol–water partition coefficient (Wildman–Crippen LogP) is 3.93. The van der Waals surface area contributed by atoms with Crippen LogP contribution in [0.5, 0.6) is 0 Å². The Morgan fingerprint density at radius 3 is 2.89 bits per heavy atom. The van der Waals surface area contributed by atoms with E-state index in [2.05, 4.69) is 22.3 Å². The summed E-state index contributed by atoms with van der Waals surface area (Å²) in [6, 6.07) is 7.93. The first-order valence-electron chi connectivity index (χ1n) is 5.97. The predicted molar refractivity (Wildman–Crippen MR) is 79.1 cm³/mol. The minimum Gasteiger partial charge on any atom is -0.354 e. The summed E-state index contributed by atoms with van der Waals surface area (Å²) in [4.78, 5) is 5.28. The first-order chi connectivity index (χ1) is 9.13. The van der Waals surface area contributed by atoms with Gasteiger partial charge in [-0.1, -0.05) is 41.1 Å². The number of nitrogens with one attached hydrogen (secondary N) is 1. The van der Waals surface area contributed by atoms with E-state index in [1.165, 1.54) is 11.3 Å². The summed E-state index contributed by atoms with van der Waals surface area (Å²) >= 11 is 7.72. The standard InChI is InChI=1S/C13H13ClN4S/c1-8-7-18-13(15-8)19-12(17-18)16-9(2)10-5-3-4-6-11(10)14/h3-7,9H,1-2H3,(H,16,17). The number of hydrogen-bond acceptors (Lipinski definition) is 4. The van der Waals surface area contributed by atoms with Crippen LogP contribution in [0.3, 0.4) is 0 Å². The highest BCUT2D eigenvalue weighted by molar-refractivity contribution is 7.20. The molecular weight excluding hydrogens is 280 g/mol. The third-order valence-corrected chi connectivity index (χ3v) is 4.07. The average Bonchev–Trinajstić information content (AvgIpc) is 2.86. The third kappa shape index (κ3) is 2.43. The number of aromatic nitrogens is 3. The van der Waals surface area contributed by atoms with Crippen molar-refractivity contribution in [1.29, 1.82) is 0 Å². The van der Waals surface area contributed by atoms with Gasteiger partial charge in [0.15, 0.2) is 0 Å². The van der Waals surface area contributed by atoms with Crippen molar-refractivity contribution in [1.82, 2.24) is 14.6 Å². The molecule has 0 radical (unpaired) electrons. The van der Waals surface area contributed by atoms with Crippen LogP contribution in [0.2, 0.25) is 5.02 Å². The van der Waals surface area contributed by atoms with Crippen molar-refractivity contribution in [2.75, 3.05) is 5.32 Å². The lowest BCUT2D eigenvalue weighted by Crippen LogP contribution is -2.07. The van der Waals surface area contributed by atoms with Crippen molar-refractivity contribution in [3.63, 3.8) is 0 Å².